The number of rotatable bonds is 3. The van der Waals surface area contributed by atoms with Crippen molar-refractivity contribution in [3.05, 3.63) is 29.3 Å². The van der Waals surface area contributed by atoms with E-state index in [0.29, 0.717) is 11.3 Å². The van der Waals surface area contributed by atoms with E-state index in [-0.39, 0.29) is 34.7 Å². The second-order valence-electron chi connectivity index (χ2n) is 4.12. The third kappa shape index (κ3) is 2.45. The molecule has 7 heteroatoms. The van der Waals surface area contributed by atoms with Crippen LogP contribution in [0.5, 0.6) is 0 Å². The maximum absolute atomic E-state index is 11.8. The van der Waals surface area contributed by atoms with E-state index in [0.717, 1.165) is 4.90 Å². The smallest absolute Gasteiger partial charge is 0.261 e. The summed E-state index contributed by atoms with van der Waals surface area (Å²) < 4.78 is 0. The number of hydrogen-bond acceptors (Lipinski definition) is 4. The molecule has 3 N–H and O–H groups in total. The maximum Gasteiger partial charge on any atom is 0.261 e. The Morgan fingerprint density at radius 3 is 2.58 bits per heavy atom. The van der Waals surface area contributed by atoms with Gasteiger partial charge in [-0.3, -0.25) is 19.3 Å². The van der Waals surface area contributed by atoms with Crippen molar-refractivity contribution in [2.45, 2.75) is 6.42 Å². The van der Waals surface area contributed by atoms with Gasteiger partial charge in [-0.2, -0.15) is 0 Å². The second-order valence-corrected chi connectivity index (χ2v) is 4.65. The average molecular weight is 277 g/mol. The van der Waals surface area contributed by atoms with E-state index in [2.05, 4.69) is 17.5 Å². The van der Waals surface area contributed by atoms with E-state index in [1.807, 2.05) is 0 Å². The standard InChI is InChI=1S/C12H11N3O3S/c1-15-11(17)7-3-2-6(4-8(7)12(15)18)14-10(16)5-9(13)19/h2-4H,5H2,1H3,(H2,13,19)(H,14,16). The minimum Gasteiger partial charge on any atom is -0.393 e. The number of anilines is 1. The number of hydrogen-bond donors (Lipinski definition) is 2. The van der Waals surface area contributed by atoms with Gasteiger partial charge in [0.25, 0.3) is 11.8 Å². The molecule has 19 heavy (non-hydrogen) atoms. The lowest BCUT2D eigenvalue weighted by atomic mass is 10.1. The molecule has 0 unspecified atom stereocenters. The molecule has 0 atom stereocenters. The van der Waals surface area contributed by atoms with Crippen molar-refractivity contribution < 1.29 is 14.4 Å². The fourth-order valence-electron chi connectivity index (χ4n) is 1.80. The molecule has 3 amide bonds. The summed E-state index contributed by atoms with van der Waals surface area (Å²) in [6.45, 7) is 0. The number of nitrogens with one attached hydrogen (secondary N) is 1. The predicted octanol–water partition coefficient (Wildman–Crippen LogP) is 0.527. The summed E-state index contributed by atoms with van der Waals surface area (Å²) >= 11 is 4.63. The highest BCUT2D eigenvalue weighted by Gasteiger charge is 2.32. The van der Waals surface area contributed by atoms with Gasteiger partial charge in [0.15, 0.2) is 0 Å². The molecule has 1 aromatic rings. The number of nitrogens with two attached hydrogens (primary N) is 1. The molecule has 1 aliphatic heterocycles. The summed E-state index contributed by atoms with van der Waals surface area (Å²) in [5.41, 5.74) is 6.30. The summed E-state index contributed by atoms with van der Waals surface area (Å²) in [7, 11) is 1.41. The first-order chi connectivity index (χ1) is 8.90. The zero-order chi connectivity index (χ0) is 14.2. The van der Waals surface area contributed by atoms with E-state index < -0.39 is 0 Å². The lowest BCUT2D eigenvalue weighted by molar-refractivity contribution is -0.115. The molecule has 0 radical (unpaired) electrons. The molecule has 0 aromatic heterocycles. The van der Waals surface area contributed by atoms with Gasteiger partial charge in [0, 0.05) is 12.7 Å². The molecule has 0 bridgehead atoms. The van der Waals surface area contributed by atoms with E-state index in [1.165, 1.54) is 19.2 Å². The van der Waals surface area contributed by atoms with Gasteiger partial charge in [0.1, 0.15) is 0 Å². The highest BCUT2D eigenvalue weighted by Crippen LogP contribution is 2.24. The number of carbonyl (C=O) groups is 3. The van der Waals surface area contributed by atoms with Crippen LogP contribution in [0.25, 0.3) is 0 Å². The Morgan fingerprint density at radius 1 is 1.32 bits per heavy atom. The molecule has 6 nitrogen and oxygen atoms in total. The van der Waals surface area contributed by atoms with Crippen molar-refractivity contribution in [2.75, 3.05) is 12.4 Å². The lowest BCUT2D eigenvalue weighted by Crippen LogP contribution is -2.24. The summed E-state index contributed by atoms with van der Waals surface area (Å²) in [5.74, 6) is -1.09. The fourth-order valence-corrected chi connectivity index (χ4v) is 1.93. The van der Waals surface area contributed by atoms with Crippen LogP contribution in [-0.2, 0) is 4.79 Å². The number of fused-ring (bicyclic) bond motifs is 1. The SMILES string of the molecule is CN1C(=O)c2ccc(NC(=O)CC(N)=S)cc2C1=O. The van der Waals surface area contributed by atoms with Crippen LogP contribution in [0.15, 0.2) is 18.2 Å². The van der Waals surface area contributed by atoms with Crippen molar-refractivity contribution in [1.82, 2.24) is 4.90 Å². The number of nitrogens with zero attached hydrogens (tertiary/aromatic N) is 1. The fraction of sp³-hybridized carbons (Fsp3) is 0.167. The van der Waals surface area contributed by atoms with Gasteiger partial charge in [-0.1, -0.05) is 12.2 Å². The molecule has 0 fully saturated rings. The van der Waals surface area contributed by atoms with Gasteiger partial charge in [-0.05, 0) is 18.2 Å². The number of amides is 3. The van der Waals surface area contributed by atoms with Crippen molar-refractivity contribution in [3.63, 3.8) is 0 Å². The van der Waals surface area contributed by atoms with Crippen LogP contribution in [0.3, 0.4) is 0 Å². The molecule has 0 spiro atoms. The number of imide groups is 1. The Bertz CT molecular complexity index is 612. The third-order valence-electron chi connectivity index (χ3n) is 2.71. The number of carbonyl (C=O) groups excluding carboxylic acids is 3. The topological polar surface area (TPSA) is 92.5 Å². The van der Waals surface area contributed by atoms with Crippen molar-refractivity contribution >= 4 is 40.6 Å². The van der Waals surface area contributed by atoms with Gasteiger partial charge < -0.3 is 11.1 Å². The van der Waals surface area contributed by atoms with Crippen LogP contribution in [0, 0.1) is 0 Å². The van der Waals surface area contributed by atoms with Crippen LogP contribution in [0.4, 0.5) is 5.69 Å². The average Bonchev–Trinajstić information content (AvgIpc) is 2.53. The molecule has 0 saturated heterocycles. The van der Waals surface area contributed by atoms with Crippen molar-refractivity contribution in [1.29, 1.82) is 0 Å². The molecular formula is C12H11N3O3S. The Hall–Kier alpha value is -2.28. The highest BCUT2D eigenvalue weighted by molar-refractivity contribution is 7.80. The van der Waals surface area contributed by atoms with Crippen molar-refractivity contribution in [3.8, 4) is 0 Å². The maximum atomic E-state index is 11.8. The Kier molecular flexibility index (Phi) is 3.30. The van der Waals surface area contributed by atoms with Gasteiger partial charge >= 0.3 is 0 Å². The van der Waals surface area contributed by atoms with Crippen LogP contribution >= 0.6 is 12.2 Å². The summed E-state index contributed by atoms with van der Waals surface area (Å²) in [6, 6.07) is 4.53. The number of thiocarbonyl (C=S) groups is 1. The molecular weight excluding hydrogens is 266 g/mol. The summed E-state index contributed by atoms with van der Waals surface area (Å²) in [5, 5.41) is 2.56. The van der Waals surface area contributed by atoms with E-state index >= 15 is 0 Å². The van der Waals surface area contributed by atoms with E-state index in [4.69, 9.17) is 5.73 Å². The van der Waals surface area contributed by atoms with Gasteiger partial charge in [0.2, 0.25) is 5.91 Å². The molecule has 1 aliphatic rings. The van der Waals surface area contributed by atoms with Crippen LogP contribution < -0.4 is 11.1 Å². The van der Waals surface area contributed by atoms with E-state index in [1.54, 1.807) is 6.07 Å². The summed E-state index contributed by atoms with van der Waals surface area (Å²) in [6.07, 6.45) is -0.0702. The third-order valence-corrected chi connectivity index (χ3v) is 2.85. The molecule has 0 aliphatic carbocycles. The molecule has 1 heterocycles. The normalized spacial score (nSPS) is 13.4. The largest absolute Gasteiger partial charge is 0.393 e. The predicted molar refractivity (Wildman–Crippen MR) is 72.9 cm³/mol. The second kappa shape index (κ2) is 4.77. The lowest BCUT2D eigenvalue weighted by Gasteiger charge is -2.05. The number of benzene rings is 1. The highest BCUT2D eigenvalue weighted by atomic mass is 32.1. The first kappa shape index (κ1) is 13.2. The Balaban J connectivity index is 2.24. The molecule has 1 aromatic carbocycles. The van der Waals surface area contributed by atoms with Crippen LogP contribution in [0.2, 0.25) is 0 Å². The first-order valence-electron chi connectivity index (χ1n) is 5.44. The van der Waals surface area contributed by atoms with Crippen LogP contribution in [-0.4, -0.2) is 34.7 Å². The molecule has 2 rings (SSSR count). The Labute approximate surface area is 114 Å². The monoisotopic (exact) mass is 277 g/mol. The molecule has 0 saturated carbocycles. The van der Waals surface area contributed by atoms with E-state index in [9.17, 15) is 14.4 Å². The van der Waals surface area contributed by atoms with Gasteiger partial charge in [-0.15, -0.1) is 0 Å². The quantitative estimate of drug-likeness (QED) is 0.621. The molecule has 98 valence electrons. The zero-order valence-corrected chi connectivity index (χ0v) is 10.9. The Morgan fingerprint density at radius 2 is 1.95 bits per heavy atom. The summed E-state index contributed by atoms with van der Waals surface area (Å²) in [4.78, 5) is 36.1. The van der Waals surface area contributed by atoms with Gasteiger partial charge in [0.05, 0.1) is 22.5 Å². The zero-order valence-electron chi connectivity index (χ0n) is 10.1. The minimum absolute atomic E-state index is 0.0702. The van der Waals surface area contributed by atoms with Crippen molar-refractivity contribution in [2.24, 2.45) is 5.73 Å². The van der Waals surface area contributed by atoms with Crippen LogP contribution in [0.1, 0.15) is 27.1 Å². The first-order valence-corrected chi connectivity index (χ1v) is 5.85. The minimum atomic E-state index is -0.384. The van der Waals surface area contributed by atoms with Gasteiger partial charge in [-0.25, -0.2) is 0 Å².